The zero-order valence-electron chi connectivity index (χ0n) is 13.3. The first-order chi connectivity index (χ1) is 10.2. The third-order valence-electron chi connectivity index (χ3n) is 3.93. The molecule has 1 aromatic carbocycles. The lowest BCUT2D eigenvalue weighted by molar-refractivity contribution is 0.295. The van der Waals surface area contributed by atoms with E-state index < -0.39 is 0 Å². The monoisotopic (exact) mass is 286 g/mol. The first-order valence-electron chi connectivity index (χ1n) is 7.93. The van der Waals surface area contributed by atoms with Crippen LogP contribution in [0.5, 0.6) is 0 Å². The number of anilines is 1. The molecule has 0 aliphatic rings. The van der Waals surface area contributed by atoms with Gasteiger partial charge in [-0.1, -0.05) is 26.0 Å². The lowest BCUT2D eigenvalue weighted by Gasteiger charge is -2.20. The molecule has 114 valence electrons. The number of hydrogen-bond donors (Lipinski definition) is 1. The normalized spacial score (nSPS) is 12.8. The summed E-state index contributed by atoms with van der Waals surface area (Å²) in [6.45, 7) is 10.1. The fraction of sp³-hybridized carbons (Fsp3) is 0.529. The molecular weight excluding hydrogens is 260 g/mol. The number of benzene rings is 1. The molecule has 0 radical (unpaired) electrons. The number of rotatable bonds is 8. The van der Waals surface area contributed by atoms with Crippen LogP contribution in [0.2, 0.25) is 0 Å². The van der Waals surface area contributed by atoms with Crippen molar-refractivity contribution >= 4 is 16.7 Å². The second kappa shape index (κ2) is 7.93. The molecule has 0 bridgehead atoms. The van der Waals surface area contributed by atoms with E-state index in [-0.39, 0.29) is 0 Å². The molecule has 1 unspecified atom stereocenters. The van der Waals surface area contributed by atoms with Crippen LogP contribution in [0, 0.1) is 0 Å². The van der Waals surface area contributed by atoms with Crippen molar-refractivity contribution in [3.63, 3.8) is 0 Å². The van der Waals surface area contributed by atoms with Crippen LogP contribution >= 0.6 is 0 Å². The molecule has 0 saturated carbocycles. The van der Waals surface area contributed by atoms with E-state index in [1.165, 1.54) is 13.0 Å². The Morgan fingerprint density at radius 2 is 1.90 bits per heavy atom. The number of fused-ring (bicyclic) bond motifs is 1. The molecule has 0 fully saturated rings. The molecular formula is C17H26N4. The van der Waals surface area contributed by atoms with Crippen molar-refractivity contribution in [3.8, 4) is 0 Å². The summed E-state index contributed by atoms with van der Waals surface area (Å²) in [5, 5.41) is 4.62. The van der Waals surface area contributed by atoms with Crippen molar-refractivity contribution in [3.05, 3.63) is 30.6 Å². The highest BCUT2D eigenvalue weighted by Gasteiger charge is 2.07. The quantitative estimate of drug-likeness (QED) is 0.805. The summed E-state index contributed by atoms with van der Waals surface area (Å²) in [6, 6.07) is 8.54. The van der Waals surface area contributed by atoms with Crippen LogP contribution in [0.4, 0.5) is 5.82 Å². The molecule has 21 heavy (non-hydrogen) atoms. The third kappa shape index (κ3) is 4.39. The lowest BCUT2D eigenvalue weighted by Crippen LogP contribution is -2.25. The summed E-state index contributed by atoms with van der Waals surface area (Å²) < 4.78 is 0. The van der Waals surface area contributed by atoms with Crippen LogP contribution in [0.1, 0.15) is 33.6 Å². The van der Waals surface area contributed by atoms with Gasteiger partial charge in [-0.15, -0.1) is 0 Å². The van der Waals surface area contributed by atoms with Crippen LogP contribution < -0.4 is 5.32 Å². The van der Waals surface area contributed by atoms with Crippen LogP contribution in [0.25, 0.3) is 10.9 Å². The van der Waals surface area contributed by atoms with Crippen LogP contribution in [0.15, 0.2) is 30.6 Å². The zero-order valence-corrected chi connectivity index (χ0v) is 13.3. The minimum atomic E-state index is 0.416. The minimum absolute atomic E-state index is 0.416. The van der Waals surface area contributed by atoms with Crippen molar-refractivity contribution in [1.82, 2.24) is 14.9 Å². The van der Waals surface area contributed by atoms with Crippen LogP contribution in [-0.4, -0.2) is 40.5 Å². The van der Waals surface area contributed by atoms with E-state index in [9.17, 15) is 0 Å². The number of aromatic nitrogens is 2. The van der Waals surface area contributed by atoms with E-state index in [1.807, 2.05) is 18.2 Å². The van der Waals surface area contributed by atoms with Gasteiger partial charge in [-0.25, -0.2) is 9.97 Å². The molecule has 4 heteroatoms. The Balaban J connectivity index is 1.91. The molecule has 1 N–H and O–H groups in total. The summed E-state index contributed by atoms with van der Waals surface area (Å²) in [5.41, 5.74) is 0.991. The van der Waals surface area contributed by atoms with Gasteiger partial charge in [0, 0.05) is 11.4 Å². The summed E-state index contributed by atoms with van der Waals surface area (Å²) >= 11 is 0. The van der Waals surface area contributed by atoms with Gasteiger partial charge in [-0.2, -0.15) is 0 Å². The summed E-state index contributed by atoms with van der Waals surface area (Å²) in [7, 11) is 0. The van der Waals surface area contributed by atoms with E-state index in [0.717, 1.165) is 36.2 Å². The maximum Gasteiger partial charge on any atom is 0.137 e. The SMILES string of the molecule is CCN(CC)CCCC(C)Nc1ncnc2ccccc12. The highest BCUT2D eigenvalue weighted by atomic mass is 15.1. The van der Waals surface area contributed by atoms with Gasteiger partial charge < -0.3 is 10.2 Å². The van der Waals surface area contributed by atoms with Crippen molar-refractivity contribution in [2.45, 2.75) is 39.7 Å². The Hall–Kier alpha value is -1.68. The van der Waals surface area contributed by atoms with Crippen molar-refractivity contribution < 1.29 is 0 Å². The van der Waals surface area contributed by atoms with Gasteiger partial charge >= 0.3 is 0 Å². The van der Waals surface area contributed by atoms with Gasteiger partial charge in [0.2, 0.25) is 0 Å². The Bertz CT molecular complexity index is 546. The second-order valence-electron chi connectivity index (χ2n) is 5.45. The van der Waals surface area contributed by atoms with E-state index >= 15 is 0 Å². The highest BCUT2D eigenvalue weighted by molar-refractivity contribution is 5.88. The van der Waals surface area contributed by atoms with Crippen molar-refractivity contribution in [2.24, 2.45) is 0 Å². The molecule has 0 aliphatic heterocycles. The standard InChI is InChI=1S/C17H26N4/c1-4-21(5-2)12-8-9-14(3)20-17-15-10-6-7-11-16(15)18-13-19-17/h6-7,10-11,13-14H,4-5,8-9,12H2,1-3H3,(H,18,19,20). The fourth-order valence-electron chi connectivity index (χ4n) is 2.59. The Labute approximate surface area is 127 Å². The van der Waals surface area contributed by atoms with E-state index in [2.05, 4.69) is 47.0 Å². The van der Waals surface area contributed by atoms with Gasteiger partial charge in [-0.3, -0.25) is 0 Å². The molecule has 2 aromatic rings. The molecule has 4 nitrogen and oxygen atoms in total. The minimum Gasteiger partial charge on any atom is -0.367 e. The van der Waals surface area contributed by atoms with Crippen LogP contribution in [0.3, 0.4) is 0 Å². The maximum absolute atomic E-state index is 4.39. The number of para-hydroxylation sites is 1. The average Bonchev–Trinajstić information content (AvgIpc) is 2.52. The zero-order chi connectivity index (χ0) is 15.1. The number of hydrogen-bond acceptors (Lipinski definition) is 4. The van der Waals surface area contributed by atoms with E-state index in [4.69, 9.17) is 0 Å². The van der Waals surface area contributed by atoms with Gasteiger partial charge in [0.15, 0.2) is 0 Å². The third-order valence-corrected chi connectivity index (χ3v) is 3.93. The number of nitrogens with zero attached hydrogens (tertiary/aromatic N) is 3. The summed E-state index contributed by atoms with van der Waals surface area (Å²) in [4.78, 5) is 11.2. The second-order valence-corrected chi connectivity index (χ2v) is 5.45. The first kappa shape index (κ1) is 15.7. The van der Waals surface area contributed by atoms with Gasteiger partial charge in [0.25, 0.3) is 0 Å². The Kier molecular flexibility index (Phi) is 5.93. The van der Waals surface area contributed by atoms with Crippen molar-refractivity contribution in [1.29, 1.82) is 0 Å². The van der Waals surface area contributed by atoms with Crippen LogP contribution in [-0.2, 0) is 0 Å². The van der Waals surface area contributed by atoms with Gasteiger partial charge in [-0.05, 0) is 51.5 Å². The maximum atomic E-state index is 4.39. The largest absolute Gasteiger partial charge is 0.367 e. The summed E-state index contributed by atoms with van der Waals surface area (Å²) in [5.74, 6) is 0.941. The number of nitrogens with one attached hydrogen (secondary N) is 1. The molecule has 0 saturated heterocycles. The van der Waals surface area contributed by atoms with Crippen molar-refractivity contribution in [2.75, 3.05) is 25.0 Å². The fourth-order valence-corrected chi connectivity index (χ4v) is 2.59. The van der Waals surface area contributed by atoms with E-state index in [1.54, 1.807) is 6.33 Å². The van der Waals surface area contributed by atoms with Gasteiger partial charge in [0.05, 0.1) is 5.52 Å². The summed E-state index contributed by atoms with van der Waals surface area (Å²) in [6.07, 6.45) is 3.99. The molecule has 0 aliphatic carbocycles. The Morgan fingerprint density at radius 3 is 2.67 bits per heavy atom. The average molecular weight is 286 g/mol. The molecule has 1 aromatic heterocycles. The molecule has 1 heterocycles. The topological polar surface area (TPSA) is 41.0 Å². The predicted octanol–water partition coefficient (Wildman–Crippen LogP) is 3.55. The smallest absolute Gasteiger partial charge is 0.137 e. The Morgan fingerprint density at radius 1 is 1.14 bits per heavy atom. The highest BCUT2D eigenvalue weighted by Crippen LogP contribution is 2.19. The molecule has 2 rings (SSSR count). The lowest BCUT2D eigenvalue weighted by atomic mass is 10.1. The molecule has 1 atom stereocenters. The predicted molar refractivity (Wildman–Crippen MR) is 89.6 cm³/mol. The van der Waals surface area contributed by atoms with E-state index in [0.29, 0.717) is 6.04 Å². The van der Waals surface area contributed by atoms with Gasteiger partial charge in [0.1, 0.15) is 12.1 Å². The molecule has 0 spiro atoms. The molecule has 0 amide bonds. The first-order valence-corrected chi connectivity index (χ1v) is 7.93.